The second-order valence-electron chi connectivity index (χ2n) is 5.62. The lowest BCUT2D eigenvalue weighted by atomic mass is 10.1. The Labute approximate surface area is 147 Å². The van der Waals surface area contributed by atoms with E-state index < -0.39 is 5.82 Å². The number of hydrogen-bond acceptors (Lipinski definition) is 3. The number of halogens is 2. The average molecular weight is 355 g/mol. The molecule has 25 heavy (non-hydrogen) atoms. The van der Waals surface area contributed by atoms with Crippen LogP contribution in [0.3, 0.4) is 0 Å². The van der Waals surface area contributed by atoms with Crippen LogP contribution in [0.15, 0.2) is 69.9 Å². The lowest BCUT2D eigenvalue weighted by Crippen LogP contribution is -2.00. The number of hydrogen-bond donors (Lipinski definition) is 0. The highest BCUT2D eigenvalue weighted by atomic mass is 35.5. The molecule has 0 atom stereocenters. The van der Waals surface area contributed by atoms with E-state index in [0.29, 0.717) is 27.3 Å². The van der Waals surface area contributed by atoms with Gasteiger partial charge in [-0.15, -0.1) is 0 Å². The molecule has 0 N–H and O–H groups in total. The predicted octanol–water partition coefficient (Wildman–Crippen LogP) is 5.32. The van der Waals surface area contributed by atoms with Crippen LogP contribution < -0.4 is 10.4 Å². The maximum absolute atomic E-state index is 13.1. The van der Waals surface area contributed by atoms with Crippen molar-refractivity contribution in [2.24, 2.45) is 0 Å². The summed E-state index contributed by atoms with van der Waals surface area (Å²) in [5, 5.41) is 2.52. The molecule has 0 aliphatic carbocycles. The molecule has 0 aliphatic heterocycles. The maximum atomic E-state index is 13.1. The van der Waals surface area contributed by atoms with Gasteiger partial charge < -0.3 is 9.15 Å². The van der Waals surface area contributed by atoms with E-state index in [1.165, 1.54) is 12.1 Å². The van der Waals surface area contributed by atoms with Crippen molar-refractivity contribution in [1.82, 2.24) is 0 Å². The zero-order chi connectivity index (χ0) is 17.4. The van der Waals surface area contributed by atoms with Gasteiger partial charge in [-0.1, -0.05) is 35.9 Å². The van der Waals surface area contributed by atoms with Gasteiger partial charge in [-0.25, -0.2) is 9.18 Å². The van der Waals surface area contributed by atoms with Crippen molar-refractivity contribution in [3.8, 4) is 5.75 Å². The van der Waals surface area contributed by atoms with Gasteiger partial charge in [0.25, 0.3) is 0 Å². The van der Waals surface area contributed by atoms with Crippen molar-refractivity contribution in [3.05, 3.63) is 87.5 Å². The Morgan fingerprint density at radius 1 is 0.960 bits per heavy atom. The van der Waals surface area contributed by atoms with E-state index in [4.69, 9.17) is 20.8 Å². The standard InChI is InChI=1S/C20H12ClFO3/c21-18-9-13(22)6-5-12(18)11-24-14-7-8-16-15-3-1-2-4-17(15)20(23)25-19(16)10-14/h1-10H,11H2. The summed E-state index contributed by atoms with van der Waals surface area (Å²) in [6.45, 7) is 0.183. The summed E-state index contributed by atoms with van der Waals surface area (Å²) in [6, 6.07) is 16.8. The predicted molar refractivity (Wildman–Crippen MR) is 95.7 cm³/mol. The Kier molecular flexibility index (Phi) is 3.90. The van der Waals surface area contributed by atoms with Crippen LogP contribution in [0.1, 0.15) is 5.56 Å². The van der Waals surface area contributed by atoms with E-state index in [1.807, 2.05) is 18.2 Å². The largest absolute Gasteiger partial charge is 0.489 e. The SMILES string of the molecule is O=c1oc2cc(OCc3ccc(F)cc3Cl)ccc2c2ccccc12. The van der Waals surface area contributed by atoms with Crippen LogP contribution in [-0.2, 0) is 6.61 Å². The van der Waals surface area contributed by atoms with Crippen molar-refractivity contribution in [2.75, 3.05) is 0 Å². The van der Waals surface area contributed by atoms with Gasteiger partial charge in [0.15, 0.2) is 0 Å². The van der Waals surface area contributed by atoms with E-state index >= 15 is 0 Å². The van der Waals surface area contributed by atoms with Crippen molar-refractivity contribution in [3.63, 3.8) is 0 Å². The first-order valence-electron chi connectivity index (χ1n) is 7.64. The van der Waals surface area contributed by atoms with Crippen LogP contribution in [0.25, 0.3) is 21.7 Å². The van der Waals surface area contributed by atoms with E-state index in [-0.39, 0.29) is 12.2 Å². The Morgan fingerprint density at radius 2 is 1.76 bits per heavy atom. The number of benzene rings is 3. The summed E-state index contributed by atoms with van der Waals surface area (Å²) < 4.78 is 24.2. The molecule has 5 heteroatoms. The minimum absolute atomic E-state index is 0.183. The molecule has 1 aromatic heterocycles. The van der Waals surface area contributed by atoms with Crippen LogP contribution >= 0.6 is 11.6 Å². The van der Waals surface area contributed by atoms with Gasteiger partial charge in [-0.05, 0) is 35.7 Å². The molecule has 0 spiro atoms. The summed E-state index contributed by atoms with van der Waals surface area (Å²) in [4.78, 5) is 12.1. The molecule has 0 radical (unpaired) electrons. The van der Waals surface area contributed by atoms with Gasteiger partial charge in [0.1, 0.15) is 23.8 Å². The van der Waals surface area contributed by atoms with E-state index in [2.05, 4.69) is 0 Å². The summed E-state index contributed by atoms with van der Waals surface area (Å²) in [7, 11) is 0. The number of fused-ring (bicyclic) bond motifs is 3. The van der Waals surface area contributed by atoms with Crippen LogP contribution in [0, 0.1) is 5.82 Å². The highest BCUT2D eigenvalue weighted by Gasteiger charge is 2.09. The maximum Gasteiger partial charge on any atom is 0.344 e. The molecule has 0 fully saturated rings. The molecule has 0 amide bonds. The average Bonchev–Trinajstić information content (AvgIpc) is 2.61. The zero-order valence-electron chi connectivity index (χ0n) is 13.0. The summed E-state index contributed by atoms with van der Waals surface area (Å²) >= 11 is 6.00. The molecule has 3 aromatic carbocycles. The molecule has 0 aliphatic rings. The van der Waals surface area contributed by atoms with Crippen molar-refractivity contribution >= 4 is 33.3 Å². The molecule has 1 heterocycles. The fourth-order valence-corrected chi connectivity index (χ4v) is 2.97. The molecule has 3 nitrogen and oxygen atoms in total. The quantitative estimate of drug-likeness (QED) is 0.369. The van der Waals surface area contributed by atoms with E-state index in [0.717, 1.165) is 10.8 Å². The van der Waals surface area contributed by atoms with Crippen LogP contribution in [0.4, 0.5) is 4.39 Å². The van der Waals surface area contributed by atoms with Crippen molar-refractivity contribution in [2.45, 2.75) is 6.61 Å². The minimum atomic E-state index is -0.395. The highest BCUT2D eigenvalue weighted by molar-refractivity contribution is 6.31. The van der Waals surface area contributed by atoms with Gasteiger partial charge in [-0.2, -0.15) is 0 Å². The summed E-state index contributed by atoms with van der Waals surface area (Å²) in [5.41, 5.74) is 0.733. The van der Waals surface area contributed by atoms with Crippen molar-refractivity contribution < 1.29 is 13.5 Å². The third-order valence-electron chi connectivity index (χ3n) is 4.00. The molecule has 124 valence electrons. The van der Waals surface area contributed by atoms with Gasteiger partial charge in [0.05, 0.1) is 10.4 Å². The first-order valence-corrected chi connectivity index (χ1v) is 8.02. The molecule has 4 rings (SSSR count). The Balaban J connectivity index is 1.69. The molecule has 0 unspecified atom stereocenters. The number of ether oxygens (including phenoxy) is 1. The van der Waals surface area contributed by atoms with Crippen LogP contribution in [-0.4, -0.2) is 0 Å². The lowest BCUT2D eigenvalue weighted by Gasteiger charge is -2.09. The van der Waals surface area contributed by atoms with Gasteiger partial charge in [0.2, 0.25) is 0 Å². The van der Waals surface area contributed by atoms with Crippen molar-refractivity contribution in [1.29, 1.82) is 0 Å². The first-order chi connectivity index (χ1) is 12.1. The second kappa shape index (κ2) is 6.22. The topological polar surface area (TPSA) is 39.4 Å². The minimum Gasteiger partial charge on any atom is -0.489 e. The fraction of sp³-hybridized carbons (Fsp3) is 0.0500. The van der Waals surface area contributed by atoms with Gasteiger partial charge >= 0.3 is 5.63 Å². The molecule has 0 saturated heterocycles. The summed E-state index contributed by atoms with van der Waals surface area (Å²) in [5.74, 6) is 0.138. The fourth-order valence-electron chi connectivity index (χ4n) is 2.75. The van der Waals surface area contributed by atoms with Gasteiger partial charge in [0, 0.05) is 17.0 Å². The molecular formula is C20H12ClFO3. The first kappa shape index (κ1) is 15.7. The number of rotatable bonds is 3. The second-order valence-corrected chi connectivity index (χ2v) is 6.02. The van der Waals surface area contributed by atoms with Crippen LogP contribution in [0.5, 0.6) is 5.75 Å². The van der Waals surface area contributed by atoms with E-state index in [1.54, 1.807) is 30.3 Å². The Morgan fingerprint density at radius 3 is 2.56 bits per heavy atom. The zero-order valence-corrected chi connectivity index (χ0v) is 13.7. The van der Waals surface area contributed by atoms with Gasteiger partial charge in [-0.3, -0.25) is 0 Å². The van der Waals surface area contributed by atoms with E-state index in [9.17, 15) is 9.18 Å². The third-order valence-corrected chi connectivity index (χ3v) is 4.35. The smallest absolute Gasteiger partial charge is 0.344 e. The Bertz CT molecular complexity index is 1150. The normalized spacial score (nSPS) is 11.1. The molecular weight excluding hydrogens is 343 g/mol. The Hall–Kier alpha value is -2.85. The lowest BCUT2D eigenvalue weighted by molar-refractivity contribution is 0.306. The third kappa shape index (κ3) is 2.96. The molecule has 4 aromatic rings. The molecule has 0 saturated carbocycles. The summed E-state index contributed by atoms with van der Waals surface area (Å²) in [6.07, 6.45) is 0. The van der Waals surface area contributed by atoms with Crippen LogP contribution in [0.2, 0.25) is 5.02 Å². The monoisotopic (exact) mass is 354 g/mol. The molecule has 0 bridgehead atoms. The highest BCUT2D eigenvalue weighted by Crippen LogP contribution is 2.27.